The van der Waals surface area contributed by atoms with Crippen LogP contribution in [0.25, 0.3) is 0 Å². The second-order valence-electron chi connectivity index (χ2n) is 8.03. The van der Waals surface area contributed by atoms with Crippen LogP contribution in [0.4, 0.5) is 0 Å². The first-order valence-corrected chi connectivity index (χ1v) is 23.8. The van der Waals surface area contributed by atoms with E-state index in [-0.39, 0.29) is 0 Å². The van der Waals surface area contributed by atoms with Gasteiger partial charge in [-0.25, -0.2) is 0 Å². The first-order chi connectivity index (χ1) is 7.31. The van der Waals surface area contributed by atoms with Crippen LogP contribution >= 0.6 is 11.2 Å². The van der Waals surface area contributed by atoms with Crippen molar-refractivity contribution in [2.75, 3.05) is 5.75 Å². The van der Waals surface area contributed by atoms with Gasteiger partial charge in [0.05, 0.1) is 5.78 Å². The van der Waals surface area contributed by atoms with Gasteiger partial charge in [0.2, 0.25) is 0 Å². The van der Waals surface area contributed by atoms with Crippen LogP contribution in [-0.4, -0.2) is 34.3 Å². The van der Waals surface area contributed by atoms with E-state index >= 15 is 0 Å². The van der Waals surface area contributed by atoms with Crippen molar-refractivity contribution in [3.8, 4) is 0 Å². The Balaban J connectivity index is 5.83. The minimum Gasteiger partial charge on any atom is -0.190 e. The Morgan fingerprint density at radius 3 is 1.24 bits per heavy atom. The summed E-state index contributed by atoms with van der Waals surface area (Å²) in [7, 11) is -3.20. The zero-order valence-electron chi connectivity index (χ0n) is 13.4. The summed E-state index contributed by atoms with van der Waals surface area (Å²) in [5.41, 5.74) is 0. The van der Waals surface area contributed by atoms with Gasteiger partial charge in [0.1, 0.15) is 0 Å². The molecule has 0 amide bonds. The van der Waals surface area contributed by atoms with Gasteiger partial charge in [-0.2, -0.15) is 11.2 Å². The lowest BCUT2D eigenvalue weighted by atomic mass is 10.8. The first kappa shape index (κ1) is 18.0. The summed E-state index contributed by atoms with van der Waals surface area (Å²) in [6.07, 6.45) is 2.13. The van der Waals surface area contributed by atoms with E-state index in [9.17, 15) is 0 Å². The van der Waals surface area contributed by atoms with Crippen LogP contribution in [0.3, 0.4) is 0 Å². The number of hydrogen-bond donors (Lipinski definition) is 0. The maximum atomic E-state index is 3.96. The predicted octanol–water partition coefficient (Wildman–Crippen LogP) is 5.10. The van der Waals surface area contributed by atoms with E-state index in [0.29, 0.717) is 0 Å². The molecule has 0 heterocycles. The fourth-order valence-corrected chi connectivity index (χ4v) is 113. The van der Waals surface area contributed by atoms with Gasteiger partial charge >= 0.3 is 0 Å². The van der Waals surface area contributed by atoms with Crippen molar-refractivity contribution in [1.29, 1.82) is 0 Å². The van der Waals surface area contributed by atoms with E-state index in [1.165, 1.54) is 5.75 Å². The summed E-state index contributed by atoms with van der Waals surface area (Å²) in [5.74, 6) is 0.0264. The summed E-state index contributed by atoms with van der Waals surface area (Å²) >= 11 is 2.40. The van der Waals surface area contributed by atoms with Crippen molar-refractivity contribution in [2.24, 2.45) is 0 Å². The molecular weight excluding hydrogens is 289 g/mol. The Bertz CT molecular complexity index is 232. The molecule has 0 aliphatic rings. The topological polar surface area (TPSA) is 0 Å². The van der Waals surface area contributed by atoms with E-state index in [2.05, 4.69) is 82.8 Å². The highest BCUT2D eigenvalue weighted by atomic mass is 32.4. The third-order valence-corrected chi connectivity index (χ3v) is 92.5. The molecule has 17 heavy (non-hydrogen) atoms. The van der Waals surface area contributed by atoms with Gasteiger partial charge in [0.15, 0.2) is 0 Å². The molecule has 0 bridgehead atoms. The molecule has 0 aromatic carbocycles. The quantitative estimate of drug-likeness (QED) is 0.484. The zero-order chi connectivity index (χ0) is 14.1. The van der Waals surface area contributed by atoms with Gasteiger partial charge in [0.25, 0.3) is 0 Å². The van der Waals surface area contributed by atoms with Crippen LogP contribution in [0.1, 0.15) is 0 Å². The normalized spacial score (nSPS) is 14.9. The second-order valence-corrected chi connectivity index (χ2v) is 54.2. The molecule has 0 saturated carbocycles. The molecule has 0 fully saturated rings. The molecule has 0 aliphatic carbocycles. The lowest BCUT2D eigenvalue weighted by molar-refractivity contribution is 1.75. The third-order valence-electron chi connectivity index (χ3n) is 3.59. The smallest absolute Gasteiger partial charge is 0.0950 e. The van der Waals surface area contributed by atoms with Crippen LogP contribution < -0.4 is 0 Å². The standard InChI is InChI=1S/C12H32SSi4/c1-11-12-13-17(14(2,3)4,15(5,6)7)16(8,9)10/h11H,1,12H2,2-10H3. The van der Waals surface area contributed by atoms with Gasteiger partial charge in [-0.1, -0.05) is 65.0 Å². The summed E-state index contributed by atoms with van der Waals surface area (Å²) in [5, 5.41) is 0. The van der Waals surface area contributed by atoms with Crippen LogP contribution in [0, 0.1) is 0 Å². The Morgan fingerprint density at radius 2 is 1.06 bits per heavy atom. The zero-order valence-corrected chi connectivity index (χ0v) is 18.2. The second kappa shape index (κ2) is 5.52. The molecule has 0 aliphatic heterocycles. The van der Waals surface area contributed by atoms with Gasteiger partial charge < -0.3 is 0 Å². The van der Waals surface area contributed by atoms with Gasteiger partial charge in [0, 0.05) is 28.5 Å². The fourth-order valence-electron chi connectivity index (χ4n) is 4.21. The molecule has 0 spiro atoms. The van der Waals surface area contributed by atoms with Crippen LogP contribution in [0.15, 0.2) is 12.7 Å². The molecule has 0 saturated heterocycles. The lowest BCUT2D eigenvalue weighted by Gasteiger charge is -2.56. The van der Waals surface area contributed by atoms with Crippen molar-refractivity contribution < 1.29 is 0 Å². The summed E-state index contributed by atoms with van der Waals surface area (Å²) < 4.78 is 0. The van der Waals surface area contributed by atoms with Crippen LogP contribution in [-0.2, 0) is 0 Å². The molecular formula is C12H32SSi4. The minimum absolute atomic E-state index is 1.07. The Labute approximate surface area is 117 Å². The Kier molecular flexibility index (Phi) is 5.84. The third kappa shape index (κ3) is 3.49. The molecule has 0 aromatic heterocycles. The first-order valence-electron chi connectivity index (χ1n) is 6.56. The van der Waals surface area contributed by atoms with Crippen molar-refractivity contribution >= 4 is 39.8 Å². The van der Waals surface area contributed by atoms with Crippen LogP contribution in [0.5, 0.6) is 0 Å². The molecule has 0 aromatic rings. The van der Waals surface area contributed by atoms with E-state index < -0.39 is 28.6 Å². The molecule has 0 atom stereocenters. The molecule has 0 N–H and O–H groups in total. The SMILES string of the molecule is C=CCS[Si]([Si](C)(C)C)([Si](C)(C)C)[Si](C)(C)C. The molecule has 0 rings (SSSR count). The Morgan fingerprint density at radius 1 is 0.765 bits per heavy atom. The monoisotopic (exact) mass is 320 g/mol. The molecule has 5 heteroatoms. The van der Waals surface area contributed by atoms with Crippen molar-refractivity contribution in [1.82, 2.24) is 0 Å². The van der Waals surface area contributed by atoms with E-state index in [0.717, 1.165) is 0 Å². The predicted molar refractivity (Wildman–Crippen MR) is 98.4 cm³/mol. The average Bonchev–Trinajstić information content (AvgIpc) is 1.96. The lowest BCUT2D eigenvalue weighted by Crippen LogP contribution is -2.80. The Hall–Kier alpha value is 0.958. The fraction of sp³-hybridized carbons (Fsp3) is 0.833. The molecule has 0 nitrogen and oxygen atoms in total. The highest BCUT2D eigenvalue weighted by molar-refractivity contribution is 8.50. The number of rotatable bonds is 6. The molecule has 0 radical (unpaired) electrons. The maximum absolute atomic E-state index is 3.96. The van der Waals surface area contributed by atoms with Crippen LogP contribution in [0.2, 0.25) is 58.9 Å². The molecule has 102 valence electrons. The average molecular weight is 321 g/mol. The number of hydrogen-bond acceptors (Lipinski definition) is 1. The molecule has 0 unspecified atom stereocenters. The van der Waals surface area contributed by atoms with Crippen molar-refractivity contribution in [3.05, 3.63) is 12.7 Å². The van der Waals surface area contributed by atoms with Crippen molar-refractivity contribution in [3.63, 3.8) is 0 Å². The van der Waals surface area contributed by atoms with Gasteiger partial charge in [-0.3, -0.25) is 0 Å². The summed E-state index contributed by atoms with van der Waals surface area (Å²) in [6, 6.07) is 0. The van der Waals surface area contributed by atoms with E-state index in [1.54, 1.807) is 0 Å². The minimum atomic E-state index is -1.16. The van der Waals surface area contributed by atoms with E-state index in [4.69, 9.17) is 0 Å². The van der Waals surface area contributed by atoms with Gasteiger partial charge in [-0.05, 0) is 0 Å². The van der Waals surface area contributed by atoms with Gasteiger partial charge in [-0.15, -0.1) is 6.58 Å². The van der Waals surface area contributed by atoms with Crippen molar-refractivity contribution in [2.45, 2.75) is 58.9 Å². The maximum Gasteiger partial charge on any atom is 0.0950 e. The summed E-state index contributed by atoms with van der Waals surface area (Å²) in [4.78, 5) is 0. The summed E-state index contributed by atoms with van der Waals surface area (Å²) in [6.45, 7) is 27.8. The largest absolute Gasteiger partial charge is 0.190 e. The highest BCUT2D eigenvalue weighted by Crippen LogP contribution is 2.44. The highest BCUT2D eigenvalue weighted by Gasteiger charge is 2.61. The van der Waals surface area contributed by atoms with E-state index in [1.807, 2.05) is 0 Å².